The fraction of sp³-hybridized carbons (Fsp3) is 0.586. The molecule has 0 amide bonds. The number of ether oxygens (including phenoxy) is 2. The van der Waals surface area contributed by atoms with Gasteiger partial charge in [-0.25, -0.2) is 0 Å². The van der Waals surface area contributed by atoms with Crippen LogP contribution in [0, 0.1) is 13.8 Å². The Kier molecular flexibility index (Phi) is 10.4. The van der Waals surface area contributed by atoms with Gasteiger partial charge in [-0.15, -0.1) is 7.92 Å². The molecule has 2 nitrogen and oxygen atoms in total. The molecule has 0 bridgehead atoms. The maximum Gasteiger partial charge on any atom is 0.188 e. The molecule has 0 saturated carbocycles. The summed E-state index contributed by atoms with van der Waals surface area (Å²) in [6.07, 6.45) is 4.59. The summed E-state index contributed by atoms with van der Waals surface area (Å²) in [5.74, 6) is 1.04. The highest BCUT2D eigenvalue weighted by Gasteiger charge is 2.36. The minimum Gasteiger partial charge on any atom is -0.467 e. The first-order valence-corrected chi connectivity index (χ1v) is 15.7. The van der Waals surface area contributed by atoms with E-state index < -0.39 is 0 Å². The van der Waals surface area contributed by atoms with E-state index in [1.54, 1.807) is 18.0 Å². The molecule has 0 N–H and O–H groups in total. The average molecular weight is 489 g/mol. The lowest BCUT2D eigenvalue weighted by Crippen LogP contribution is -2.27. The highest BCUT2D eigenvalue weighted by atomic mass is 31.1. The Morgan fingerprint density at radius 2 is 1.67 bits per heavy atom. The zero-order valence-electron chi connectivity index (χ0n) is 22.7. The third-order valence-corrected chi connectivity index (χ3v) is 9.66. The van der Waals surface area contributed by atoms with Crippen LogP contribution >= 0.6 is 16.5 Å². The lowest BCUT2D eigenvalue weighted by atomic mass is 9.80. The van der Waals surface area contributed by atoms with Gasteiger partial charge in [0.1, 0.15) is 5.75 Å². The van der Waals surface area contributed by atoms with Gasteiger partial charge in [0.25, 0.3) is 0 Å². The molecule has 0 heterocycles. The van der Waals surface area contributed by atoms with Crippen LogP contribution < -0.4 is 10.0 Å². The number of hydrogen-bond donors (Lipinski definition) is 0. The van der Waals surface area contributed by atoms with Crippen LogP contribution in [0.5, 0.6) is 5.75 Å². The molecule has 0 aromatic heterocycles. The van der Waals surface area contributed by atoms with E-state index in [1.807, 2.05) is 0 Å². The lowest BCUT2D eigenvalue weighted by Gasteiger charge is -2.38. The lowest BCUT2D eigenvalue weighted by molar-refractivity contribution is 0.0485. The second-order valence-electron chi connectivity index (χ2n) is 10.6. The van der Waals surface area contributed by atoms with Crippen molar-refractivity contribution in [2.45, 2.75) is 84.5 Å². The minimum absolute atomic E-state index is 0.00721. The van der Waals surface area contributed by atoms with Crippen LogP contribution in [-0.2, 0) is 21.5 Å². The quantitative estimate of drug-likeness (QED) is 0.234. The van der Waals surface area contributed by atoms with Gasteiger partial charge in [0.15, 0.2) is 6.79 Å². The van der Waals surface area contributed by atoms with Crippen molar-refractivity contribution in [1.29, 1.82) is 0 Å². The Bertz CT molecular complexity index is 915. The number of aryl methyl sites for hydroxylation is 2. The zero-order chi connectivity index (χ0) is 24.8. The molecule has 0 saturated heterocycles. The van der Waals surface area contributed by atoms with Crippen molar-refractivity contribution in [3.8, 4) is 5.75 Å². The summed E-state index contributed by atoms with van der Waals surface area (Å²) in [5, 5.41) is 1.62. The molecule has 33 heavy (non-hydrogen) atoms. The van der Waals surface area contributed by atoms with Gasteiger partial charge in [0.2, 0.25) is 0 Å². The van der Waals surface area contributed by atoms with Crippen molar-refractivity contribution >= 4 is 21.8 Å². The predicted octanol–water partition coefficient (Wildman–Crippen LogP) is 8.23. The van der Waals surface area contributed by atoms with Gasteiger partial charge >= 0.3 is 0 Å². The third-order valence-electron chi connectivity index (χ3n) is 6.37. The van der Waals surface area contributed by atoms with Gasteiger partial charge in [-0.05, 0) is 68.0 Å². The van der Waals surface area contributed by atoms with Gasteiger partial charge in [0, 0.05) is 23.4 Å². The van der Waals surface area contributed by atoms with E-state index in [9.17, 15) is 0 Å². The Morgan fingerprint density at radius 1 is 1.00 bits per heavy atom. The van der Waals surface area contributed by atoms with E-state index in [0.717, 1.165) is 25.0 Å². The second kappa shape index (κ2) is 12.2. The monoisotopic (exact) mass is 488 g/mol. The zero-order valence-corrected chi connectivity index (χ0v) is 24.6. The average Bonchev–Trinajstić information content (AvgIpc) is 2.73. The maximum absolute atomic E-state index is 6.40. The van der Waals surface area contributed by atoms with E-state index >= 15 is 0 Å². The molecule has 184 valence electrons. The van der Waals surface area contributed by atoms with Crippen LogP contribution in [0.3, 0.4) is 0 Å². The van der Waals surface area contributed by atoms with Crippen molar-refractivity contribution in [2.75, 3.05) is 27.2 Å². The minimum atomic E-state index is -0.00721. The van der Waals surface area contributed by atoms with Crippen LogP contribution in [0.15, 0.2) is 30.3 Å². The van der Waals surface area contributed by atoms with E-state index in [-0.39, 0.29) is 25.3 Å². The molecule has 2 rings (SSSR count). The highest BCUT2D eigenvalue weighted by molar-refractivity contribution is 7.55. The number of hydrogen-bond acceptors (Lipinski definition) is 2. The molecule has 0 fully saturated rings. The van der Waals surface area contributed by atoms with E-state index in [1.165, 1.54) is 28.4 Å². The van der Waals surface area contributed by atoms with Gasteiger partial charge in [-0.1, -0.05) is 85.5 Å². The van der Waals surface area contributed by atoms with Gasteiger partial charge in [0.05, 0.1) is 0 Å². The molecule has 0 radical (unpaired) electrons. The topological polar surface area (TPSA) is 18.5 Å². The summed E-state index contributed by atoms with van der Waals surface area (Å²) in [5.41, 5.74) is 6.93. The second-order valence-corrected chi connectivity index (χ2v) is 14.8. The molecule has 0 aliphatic heterocycles. The Balaban J connectivity index is 2.79. The number of rotatable bonds is 11. The molecule has 2 aromatic rings. The van der Waals surface area contributed by atoms with Crippen LogP contribution in [0.4, 0.5) is 0 Å². The molecule has 0 aliphatic rings. The Hall–Kier alpha value is -0.940. The first kappa shape index (κ1) is 28.3. The summed E-state index contributed by atoms with van der Waals surface area (Å²) in [6.45, 7) is 21.1. The van der Waals surface area contributed by atoms with E-state index in [2.05, 4.69) is 92.1 Å². The maximum atomic E-state index is 6.40. The first-order valence-electron chi connectivity index (χ1n) is 12.3. The van der Waals surface area contributed by atoms with Crippen molar-refractivity contribution in [2.24, 2.45) is 0 Å². The largest absolute Gasteiger partial charge is 0.467 e. The number of methoxy groups -OCH3 is 1. The van der Waals surface area contributed by atoms with Crippen LogP contribution in [-0.4, -0.2) is 27.2 Å². The normalized spacial score (nSPS) is 14.3. The van der Waals surface area contributed by atoms with E-state index in [0.29, 0.717) is 8.58 Å². The summed E-state index contributed by atoms with van der Waals surface area (Å²) in [7, 11) is 2.43. The molecule has 0 aliphatic carbocycles. The fourth-order valence-electron chi connectivity index (χ4n) is 4.73. The van der Waals surface area contributed by atoms with Crippen molar-refractivity contribution < 1.29 is 9.47 Å². The van der Waals surface area contributed by atoms with Gasteiger partial charge in [-0.3, -0.25) is 0 Å². The van der Waals surface area contributed by atoms with Crippen molar-refractivity contribution in [1.82, 2.24) is 0 Å². The molecule has 2 atom stereocenters. The highest BCUT2D eigenvalue weighted by Crippen LogP contribution is 2.54. The van der Waals surface area contributed by atoms with Crippen molar-refractivity contribution in [3.63, 3.8) is 0 Å². The molecule has 2 aromatic carbocycles. The van der Waals surface area contributed by atoms with E-state index in [4.69, 9.17) is 9.47 Å². The summed E-state index contributed by atoms with van der Waals surface area (Å²) in [6, 6.07) is 11.6. The van der Waals surface area contributed by atoms with Crippen LogP contribution in [0.2, 0.25) is 0 Å². The smallest absolute Gasteiger partial charge is 0.188 e. The molecular formula is C29H46O2P2. The molecule has 4 heteroatoms. The number of benzene rings is 2. The standard InChI is InChI=1S/C29H46O2P2/c1-11-16-29(12-2,32-27-22(4)14-13-15-23(27)19-33(9)10)25-18-21(3)17-24(28(5,6)7)26(25)31-20-30-8/h13-15,17-18,32H,11-12,16,19-20H2,1-10H3. The Morgan fingerprint density at radius 3 is 2.21 bits per heavy atom. The summed E-state index contributed by atoms with van der Waals surface area (Å²) >= 11 is 0. The molecular weight excluding hydrogens is 442 g/mol. The summed E-state index contributed by atoms with van der Waals surface area (Å²) < 4.78 is 11.8. The first-order chi connectivity index (χ1) is 15.5. The summed E-state index contributed by atoms with van der Waals surface area (Å²) in [4.78, 5) is 0. The van der Waals surface area contributed by atoms with Crippen LogP contribution in [0.1, 0.15) is 81.7 Å². The van der Waals surface area contributed by atoms with Gasteiger partial charge < -0.3 is 9.47 Å². The predicted molar refractivity (Wildman–Crippen MR) is 151 cm³/mol. The van der Waals surface area contributed by atoms with Crippen molar-refractivity contribution in [3.05, 3.63) is 58.1 Å². The van der Waals surface area contributed by atoms with Crippen LogP contribution in [0.25, 0.3) is 0 Å². The molecule has 2 unspecified atom stereocenters. The van der Waals surface area contributed by atoms with Gasteiger partial charge in [-0.2, -0.15) is 0 Å². The third kappa shape index (κ3) is 7.04. The fourth-order valence-corrected chi connectivity index (χ4v) is 7.78. The molecule has 0 spiro atoms. The Labute approximate surface area is 206 Å². The SMILES string of the molecule is CCCC(CC)(Pc1c(C)cccc1CP(C)C)c1cc(C)cc(C(C)(C)C)c1OCOC.